The minimum absolute atomic E-state index is 0.00619. The van der Waals surface area contributed by atoms with Gasteiger partial charge in [0.2, 0.25) is 5.91 Å². The number of aromatic nitrogens is 1. The van der Waals surface area contributed by atoms with E-state index in [0.717, 1.165) is 10.2 Å². The van der Waals surface area contributed by atoms with Gasteiger partial charge < -0.3 is 15.1 Å². The minimum Gasteiger partial charge on any atom is -0.477 e. The Labute approximate surface area is 162 Å². The highest BCUT2D eigenvalue weighted by Crippen LogP contribution is 2.52. The van der Waals surface area contributed by atoms with E-state index < -0.39 is 18.0 Å². The predicted octanol–water partition coefficient (Wildman–Crippen LogP) is 3.20. The van der Waals surface area contributed by atoms with Crippen molar-refractivity contribution in [3.63, 3.8) is 0 Å². The van der Waals surface area contributed by atoms with E-state index in [0.29, 0.717) is 14.3 Å². The number of benzene rings is 1. The van der Waals surface area contributed by atoms with Crippen molar-refractivity contribution in [3.8, 4) is 0 Å². The van der Waals surface area contributed by atoms with E-state index in [1.165, 1.54) is 28.0 Å². The van der Waals surface area contributed by atoms with Crippen LogP contribution in [0.1, 0.15) is 13.8 Å². The third kappa shape index (κ3) is 2.55. The number of carboxylic acid groups (broad SMARTS) is 1. The third-order valence-electron chi connectivity index (χ3n) is 4.84. The Morgan fingerprint density at radius 3 is 2.85 bits per heavy atom. The largest absolute Gasteiger partial charge is 0.477 e. The fraction of sp³-hybridized carbons (Fsp3) is 0.353. The molecular weight excluding hydrogens is 396 g/mol. The van der Waals surface area contributed by atoms with Crippen LogP contribution in [0.25, 0.3) is 10.2 Å². The van der Waals surface area contributed by atoms with Gasteiger partial charge in [-0.15, -0.1) is 11.3 Å². The molecule has 1 amide bonds. The Kier molecular flexibility index (Phi) is 4.26. The number of nitrogens with zero attached hydrogens (tertiary/aromatic N) is 2. The molecule has 3 heterocycles. The number of aliphatic hydroxyl groups is 1. The molecule has 2 aliphatic heterocycles. The van der Waals surface area contributed by atoms with E-state index in [-0.39, 0.29) is 23.6 Å². The lowest BCUT2D eigenvalue weighted by atomic mass is 9.79. The second kappa shape index (κ2) is 6.23. The molecular formula is C17H15ClN2O4S2. The Balaban J connectivity index is 1.72. The monoisotopic (exact) mass is 410 g/mol. The Morgan fingerprint density at radius 1 is 1.46 bits per heavy atom. The molecule has 0 spiro atoms. The molecule has 0 saturated carbocycles. The summed E-state index contributed by atoms with van der Waals surface area (Å²) in [5, 5.41) is 20.2. The molecule has 0 unspecified atom stereocenters. The number of aliphatic carboxylic acids is 1. The number of carbonyl (C=O) groups is 2. The third-order valence-corrected chi connectivity index (χ3v) is 7.44. The van der Waals surface area contributed by atoms with Gasteiger partial charge in [0, 0.05) is 15.8 Å². The zero-order chi connectivity index (χ0) is 18.7. The van der Waals surface area contributed by atoms with Gasteiger partial charge in [-0.2, -0.15) is 0 Å². The van der Waals surface area contributed by atoms with Gasteiger partial charge in [0.25, 0.3) is 0 Å². The molecule has 6 nitrogen and oxygen atoms in total. The number of amides is 1. The predicted molar refractivity (Wildman–Crippen MR) is 100 cm³/mol. The van der Waals surface area contributed by atoms with Crippen LogP contribution in [0.3, 0.4) is 0 Å². The van der Waals surface area contributed by atoms with Crippen LogP contribution in [0.2, 0.25) is 5.02 Å². The van der Waals surface area contributed by atoms with Crippen LogP contribution in [0, 0.1) is 11.8 Å². The van der Waals surface area contributed by atoms with Gasteiger partial charge in [-0.3, -0.25) is 4.79 Å². The first-order chi connectivity index (χ1) is 12.3. The molecule has 0 aliphatic carbocycles. The lowest BCUT2D eigenvalue weighted by Crippen LogP contribution is -2.63. The van der Waals surface area contributed by atoms with Gasteiger partial charge in [0.15, 0.2) is 4.34 Å². The van der Waals surface area contributed by atoms with Crippen molar-refractivity contribution < 1.29 is 19.8 Å². The van der Waals surface area contributed by atoms with Crippen LogP contribution in [0.5, 0.6) is 0 Å². The molecule has 1 saturated heterocycles. The maximum absolute atomic E-state index is 12.4. The van der Waals surface area contributed by atoms with Gasteiger partial charge in [-0.05, 0) is 25.1 Å². The number of rotatable bonds is 4. The number of hydrogen-bond acceptors (Lipinski definition) is 6. The SMILES string of the molecule is C[C@@H](O)[C@H]1C(=O)N2C(C(=O)O)=C(Sc3nc4ccc(Cl)cc4s3)[C@H](C)[C@H]12. The van der Waals surface area contributed by atoms with Gasteiger partial charge in [-0.25, -0.2) is 9.78 Å². The zero-order valence-corrected chi connectivity index (χ0v) is 16.2. The molecule has 2 aliphatic rings. The number of aliphatic hydroxyl groups excluding tert-OH is 1. The van der Waals surface area contributed by atoms with Gasteiger partial charge in [-0.1, -0.05) is 30.3 Å². The summed E-state index contributed by atoms with van der Waals surface area (Å²) in [5.41, 5.74) is 0.804. The summed E-state index contributed by atoms with van der Waals surface area (Å²) < 4.78 is 1.62. The van der Waals surface area contributed by atoms with E-state index in [4.69, 9.17) is 11.6 Å². The smallest absolute Gasteiger partial charge is 0.353 e. The van der Waals surface area contributed by atoms with Crippen molar-refractivity contribution in [2.24, 2.45) is 11.8 Å². The molecule has 2 aromatic rings. The molecule has 0 bridgehead atoms. The number of β-lactam (4-membered cyclic amide) rings is 1. The highest BCUT2D eigenvalue weighted by Gasteiger charge is 2.60. The molecule has 1 fully saturated rings. The number of thiazole rings is 1. The van der Waals surface area contributed by atoms with E-state index in [1.54, 1.807) is 13.0 Å². The van der Waals surface area contributed by atoms with Gasteiger partial charge >= 0.3 is 5.97 Å². The molecule has 0 radical (unpaired) electrons. The first-order valence-electron chi connectivity index (χ1n) is 8.02. The maximum Gasteiger partial charge on any atom is 0.353 e. The van der Waals surface area contributed by atoms with E-state index in [9.17, 15) is 19.8 Å². The molecule has 4 rings (SSSR count). The average Bonchev–Trinajstić information content (AvgIpc) is 3.05. The second-order valence-electron chi connectivity index (χ2n) is 6.47. The highest BCUT2D eigenvalue weighted by molar-refractivity contribution is 8.04. The summed E-state index contributed by atoms with van der Waals surface area (Å²) in [5.74, 6) is -2.21. The minimum atomic E-state index is -1.14. The molecule has 9 heteroatoms. The van der Waals surface area contributed by atoms with Crippen molar-refractivity contribution in [3.05, 3.63) is 33.8 Å². The summed E-state index contributed by atoms with van der Waals surface area (Å²) in [6, 6.07) is 5.09. The number of carbonyl (C=O) groups excluding carboxylic acids is 1. The molecule has 136 valence electrons. The molecule has 4 atom stereocenters. The number of hydrogen-bond donors (Lipinski definition) is 2. The Bertz CT molecular complexity index is 971. The van der Waals surface area contributed by atoms with E-state index in [2.05, 4.69) is 4.98 Å². The first-order valence-corrected chi connectivity index (χ1v) is 10.0. The van der Waals surface area contributed by atoms with Crippen LogP contribution < -0.4 is 0 Å². The molecule has 2 N–H and O–H groups in total. The number of thioether (sulfide) groups is 1. The fourth-order valence-corrected chi connectivity index (χ4v) is 6.29. The van der Waals surface area contributed by atoms with Crippen molar-refractivity contribution in [2.75, 3.05) is 0 Å². The van der Waals surface area contributed by atoms with Crippen LogP contribution in [-0.4, -0.2) is 44.1 Å². The van der Waals surface area contributed by atoms with Crippen LogP contribution >= 0.6 is 34.7 Å². The van der Waals surface area contributed by atoms with Gasteiger partial charge in [0.05, 0.1) is 28.3 Å². The van der Waals surface area contributed by atoms with Gasteiger partial charge in [0.1, 0.15) is 5.70 Å². The van der Waals surface area contributed by atoms with E-state index >= 15 is 0 Å². The summed E-state index contributed by atoms with van der Waals surface area (Å²) in [6.07, 6.45) is -0.810. The van der Waals surface area contributed by atoms with Crippen molar-refractivity contribution in [2.45, 2.75) is 30.3 Å². The Morgan fingerprint density at radius 2 is 2.19 bits per heavy atom. The number of halogens is 1. The lowest BCUT2D eigenvalue weighted by Gasteiger charge is -2.46. The van der Waals surface area contributed by atoms with Crippen molar-refractivity contribution in [1.82, 2.24) is 9.88 Å². The van der Waals surface area contributed by atoms with Crippen LogP contribution in [0.15, 0.2) is 33.1 Å². The first kappa shape index (κ1) is 17.8. The van der Waals surface area contributed by atoms with E-state index in [1.807, 2.05) is 19.1 Å². The highest BCUT2D eigenvalue weighted by atomic mass is 35.5. The zero-order valence-electron chi connectivity index (χ0n) is 13.8. The summed E-state index contributed by atoms with van der Waals surface area (Å²) in [4.78, 5) is 30.6. The maximum atomic E-state index is 12.4. The normalized spacial score (nSPS) is 26.2. The number of fused-ring (bicyclic) bond motifs is 2. The molecule has 26 heavy (non-hydrogen) atoms. The Hall–Kier alpha value is -1.61. The topological polar surface area (TPSA) is 90.7 Å². The standard InChI is InChI=1S/C17H15ClN2O4S2/c1-6-12-11(7(2)21)15(22)20(12)13(16(23)24)14(6)26-17-19-9-4-3-8(18)5-10(9)25-17/h3-7,11-12,21H,1-2H3,(H,23,24)/t6-,7-,11-,12-/m1/s1. The fourth-order valence-electron chi connectivity index (χ4n) is 3.67. The van der Waals surface area contributed by atoms with Crippen LogP contribution in [-0.2, 0) is 9.59 Å². The van der Waals surface area contributed by atoms with Crippen molar-refractivity contribution in [1.29, 1.82) is 0 Å². The molecule has 1 aromatic carbocycles. The summed E-state index contributed by atoms with van der Waals surface area (Å²) >= 11 is 8.72. The molecule has 1 aromatic heterocycles. The quantitative estimate of drug-likeness (QED) is 0.752. The average molecular weight is 411 g/mol. The van der Waals surface area contributed by atoms with Crippen LogP contribution in [0.4, 0.5) is 0 Å². The lowest BCUT2D eigenvalue weighted by molar-refractivity contribution is -0.163. The summed E-state index contributed by atoms with van der Waals surface area (Å²) in [6.45, 7) is 3.46. The van der Waals surface area contributed by atoms with Crippen molar-refractivity contribution >= 4 is 56.8 Å². The summed E-state index contributed by atoms with van der Waals surface area (Å²) in [7, 11) is 0. The second-order valence-corrected chi connectivity index (χ2v) is 9.22. The number of carboxylic acids is 1.